The largest absolute Gasteiger partial charge is 0.339 e. The zero-order chi connectivity index (χ0) is 22.2. The van der Waals surface area contributed by atoms with Gasteiger partial charge in [0.2, 0.25) is 11.7 Å². The van der Waals surface area contributed by atoms with E-state index in [1.54, 1.807) is 47.4 Å². The Morgan fingerprint density at radius 1 is 1.16 bits per heavy atom. The third-order valence-electron chi connectivity index (χ3n) is 5.72. The van der Waals surface area contributed by atoms with Crippen molar-refractivity contribution in [3.05, 3.63) is 65.1 Å². The maximum absolute atomic E-state index is 13.1. The molecule has 0 bridgehead atoms. The van der Waals surface area contributed by atoms with Crippen LogP contribution in [-0.4, -0.2) is 43.8 Å². The van der Waals surface area contributed by atoms with Gasteiger partial charge in [0.05, 0.1) is 22.3 Å². The van der Waals surface area contributed by atoms with E-state index < -0.39 is 6.55 Å². The van der Waals surface area contributed by atoms with Gasteiger partial charge in [-0.15, -0.1) is 0 Å². The van der Waals surface area contributed by atoms with E-state index >= 15 is 0 Å². The highest BCUT2D eigenvalue weighted by Crippen LogP contribution is 2.31. The lowest BCUT2D eigenvalue weighted by atomic mass is 9.96. The molecule has 0 spiro atoms. The fourth-order valence-electron chi connectivity index (χ4n) is 3.99. The molecule has 1 aliphatic rings. The number of likely N-dealkylation sites (tertiary alicyclic amines) is 1. The Morgan fingerprint density at radius 3 is 2.69 bits per heavy atom. The van der Waals surface area contributed by atoms with Gasteiger partial charge in [0, 0.05) is 30.0 Å². The Morgan fingerprint density at radius 2 is 1.94 bits per heavy atom. The number of hydrogen-bond acceptors (Lipinski definition) is 5. The van der Waals surface area contributed by atoms with Gasteiger partial charge < -0.3 is 9.42 Å². The van der Waals surface area contributed by atoms with E-state index in [1.165, 1.54) is 6.20 Å². The fourth-order valence-corrected chi connectivity index (χ4v) is 4.20. The number of fused-ring (bicyclic) bond motifs is 1. The second kappa shape index (κ2) is 8.31. The van der Waals surface area contributed by atoms with Gasteiger partial charge in [-0.05, 0) is 31.0 Å². The molecule has 1 fully saturated rings. The van der Waals surface area contributed by atoms with Crippen LogP contribution in [0.15, 0.2) is 53.2 Å². The normalized spacial score (nSPS) is 15.1. The van der Waals surface area contributed by atoms with Crippen LogP contribution in [0.4, 0.5) is 8.78 Å². The minimum atomic E-state index is -2.73. The van der Waals surface area contributed by atoms with Gasteiger partial charge in [-0.25, -0.2) is 4.68 Å². The first-order chi connectivity index (χ1) is 15.5. The molecule has 0 radical (unpaired) electrons. The van der Waals surface area contributed by atoms with Gasteiger partial charge >= 0.3 is 6.55 Å². The molecule has 7 nitrogen and oxygen atoms in total. The average Bonchev–Trinajstić information content (AvgIpc) is 3.46. The smallest absolute Gasteiger partial charge is 0.333 e. The predicted molar refractivity (Wildman–Crippen MR) is 114 cm³/mol. The number of carbonyl (C=O) groups excluding carboxylic acids is 1. The van der Waals surface area contributed by atoms with Gasteiger partial charge in [-0.2, -0.15) is 18.9 Å². The van der Waals surface area contributed by atoms with Crippen LogP contribution in [-0.2, 0) is 0 Å². The number of nitrogens with zero attached hydrogens (tertiary/aromatic N) is 5. The Balaban J connectivity index is 1.30. The molecule has 1 saturated heterocycles. The molecule has 0 atom stereocenters. The number of rotatable bonds is 4. The predicted octanol–water partition coefficient (Wildman–Crippen LogP) is 5.15. The number of piperidine rings is 1. The van der Waals surface area contributed by atoms with Crippen molar-refractivity contribution >= 4 is 28.4 Å². The summed E-state index contributed by atoms with van der Waals surface area (Å²) in [5, 5.41) is 8.80. The van der Waals surface area contributed by atoms with Crippen LogP contribution in [0.5, 0.6) is 0 Å². The molecule has 3 heterocycles. The summed E-state index contributed by atoms with van der Waals surface area (Å²) in [4.78, 5) is 19.0. The van der Waals surface area contributed by atoms with Crippen molar-refractivity contribution in [2.45, 2.75) is 25.3 Å². The van der Waals surface area contributed by atoms with E-state index in [-0.39, 0.29) is 11.8 Å². The van der Waals surface area contributed by atoms with E-state index in [0.29, 0.717) is 69.4 Å². The molecule has 2 aromatic carbocycles. The third-order valence-corrected chi connectivity index (χ3v) is 6.05. The second-order valence-electron chi connectivity index (χ2n) is 7.64. The summed E-state index contributed by atoms with van der Waals surface area (Å²) in [7, 11) is 0. The second-order valence-corrected chi connectivity index (χ2v) is 8.05. The van der Waals surface area contributed by atoms with Crippen LogP contribution < -0.4 is 0 Å². The maximum Gasteiger partial charge on any atom is 0.333 e. The van der Waals surface area contributed by atoms with Crippen LogP contribution in [0.1, 0.15) is 41.6 Å². The highest BCUT2D eigenvalue weighted by atomic mass is 35.5. The molecular weight excluding hydrogens is 440 g/mol. The monoisotopic (exact) mass is 457 g/mol. The van der Waals surface area contributed by atoms with E-state index in [9.17, 15) is 13.6 Å². The minimum absolute atomic E-state index is 0.0156. The molecule has 0 aliphatic carbocycles. The molecule has 2 aromatic heterocycles. The quantitative estimate of drug-likeness (QED) is 0.423. The zero-order valence-corrected chi connectivity index (χ0v) is 17.5. The fraction of sp³-hybridized carbons (Fsp3) is 0.273. The van der Waals surface area contributed by atoms with Gasteiger partial charge in [-0.3, -0.25) is 4.79 Å². The van der Waals surface area contributed by atoms with Crippen LogP contribution >= 0.6 is 11.6 Å². The molecule has 0 N–H and O–H groups in total. The minimum Gasteiger partial charge on any atom is -0.339 e. The van der Waals surface area contributed by atoms with E-state index in [4.69, 9.17) is 16.1 Å². The van der Waals surface area contributed by atoms with E-state index in [2.05, 4.69) is 15.2 Å². The van der Waals surface area contributed by atoms with Crippen molar-refractivity contribution in [3.63, 3.8) is 0 Å². The SMILES string of the molecule is O=C(c1ccccc1Cl)N1CCC(c2nc(-c3ccc4cnn(C(F)F)c4c3)no2)CC1. The number of aromatic nitrogens is 4. The van der Waals surface area contributed by atoms with Crippen LogP contribution in [0.25, 0.3) is 22.3 Å². The summed E-state index contributed by atoms with van der Waals surface area (Å²) >= 11 is 6.15. The standard InChI is InChI=1S/C22H18ClF2N5O2/c23-17-4-2-1-3-16(17)21(31)29-9-7-13(8-10-29)20-27-19(28-32-20)14-5-6-15-12-26-30(22(24)25)18(15)11-14/h1-6,11-13,22H,7-10H2. The number of amides is 1. The van der Waals surface area contributed by atoms with Crippen molar-refractivity contribution in [2.75, 3.05) is 13.1 Å². The molecular formula is C22H18ClF2N5O2. The first kappa shape index (κ1) is 20.6. The molecule has 0 saturated carbocycles. The van der Waals surface area contributed by atoms with Gasteiger partial charge in [0.25, 0.3) is 5.91 Å². The molecule has 164 valence electrons. The Bertz CT molecular complexity index is 1280. The summed E-state index contributed by atoms with van der Waals surface area (Å²) in [6.45, 7) is -1.64. The number of carbonyl (C=O) groups is 1. The van der Waals surface area contributed by atoms with Crippen LogP contribution in [0, 0.1) is 0 Å². The number of benzene rings is 2. The van der Waals surface area contributed by atoms with Crippen molar-refractivity contribution in [1.82, 2.24) is 24.8 Å². The molecule has 1 amide bonds. The Labute approximate surface area is 186 Å². The first-order valence-corrected chi connectivity index (χ1v) is 10.5. The zero-order valence-electron chi connectivity index (χ0n) is 16.8. The highest BCUT2D eigenvalue weighted by Gasteiger charge is 2.29. The van der Waals surface area contributed by atoms with Crippen LogP contribution in [0.2, 0.25) is 5.02 Å². The van der Waals surface area contributed by atoms with Crippen molar-refractivity contribution in [3.8, 4) is 11.4 Å². The Hall–Kier alpha value is -3.33. The van der Waals surface area contributed by atoms with Crippen LogP contribution in [0.3, 0.4) is 0 Å². The lowest BCUT2D eigenvalue weighted by molar-refractivity contribution is 0.0615. The van der Waals surface area contributed by atoms with Gasteiger partial charge in [0.1, 0.15) is 0 Å². The third kappa shape index (κ3) is 3.73. The van der Waals surface area contributed by atoms with Crippen molar-refractivity contribution in [1.29, 1.82) is 0 Å². The summed E-state index contributed by atoms with van der Waals surface area (Å²) in [6.07, 6.45) is 2.74. The van der Waals surface area contributed by atoms with E-state index in [0.717, 1.165) is 0 Å². The average molecular weight is 458 g/mol. The summed E-state index contributed by atoms with van der Waals surface area (Å²) < 4.78 is 32.4. The molecule has 4 aromatic rings. The topological polar surface area (TPSA) is 77.1 Å². The van der Waals surface area contributed by atoms with Crippen molar-refractivity contribution in [2.24, 2.45) is 0 Å². The summed E-state index contributed by atoms with van der Waals surface area (Å²) in [5.41, 5.74) is 1.36. The number of hydrogen-bond donors (Lipinski definition) is 0. The summed E-state index contributed by atoms with van der Waals surface area (Å²) in [5.74, 6) is 0.733. The first-order valence-electron chi connectivity index (χ1n) is 10.1. The van der Waals surface area contributed by atoms with Gasteiger partial charge in [0.15, 0.2) is 0 Å². The van der Waals surface area contributed by atoms with Gasteiger partial charge in [-0.1, -0.05) is 41.0 Å². The molecule has 32 heavy (non-hydrogen) atoms. The lowest BCUT2D eigenvalue weighted by Gasteiger charge is -2.30. The number of halogens is 3. The van der Waals surface area contributed by atoms with E-state index in [1.807, 2.05) is 0 Å². The molecule has 10 heteroatoms. The number of alkyl halides is 2. The molecule has 5 rings (SSSR count). The lowest BCUT2D eigenvalue weighted by Crippen LogP contribution is -2.38. The molecule has 0 unspecified atom stereocenters. The highest BCUT2D eigenvalue weighted by molar-refractivity contribution is 6.33. The molecule has 1 aliphatic heterocycles. The summed E-state index contributed by atoms with van der Waals surface area (Å²) in [6, 6.07) is 12.0. The maximum atomic E-state index is 13.1. The van der Waals surface area contributed by atoms with Crippen molar-refractivity contribution < 1.29 is 18.1 Å². The Kier molecular flexibility index (Phi) is 5.34.